The zero-order chi connectivity index (χ0) is 16.8. The first-order valence-corrected chi connectivity index (χ1v) is 8.65. The summed E-state index contributed by atoms with van der Waals surface area (Å²) in [5.74, 6) is 0.938. The number of rotatable bonds is 6. The Morgan fingerprint density at radius 2 is 1.58 bits per heavy atom. The van der Waals surface area contributed by atoms with Crippen LogP contribution in [-0.4, -0.2) is 42.9 Å². The average molecular weight is 326 g/mol. The lowest BCUT2D eigenvalue weighted by Gasteiger charge is -2.29. The van der Waals surface area contributed by atoms with E-state index >= 15 is 0 Å². The van der Waals surface area contributed by atoms with Crippen molar-refractivity contribution < 1.29 is 9.84 Å². The largest absolute Gasteiger partial charge is 0.490 e. The molecule has 0 radical (unpaired) electrons. The summed E-state index contributed by atoms with van der Waals surface area (Å²) in [4.78, 5) is 2.35. The molecule has 24 heavy (non-hydrogen) atoms. The summed E-state index contributed by atoms with van der Waals surface area (Å²) in [6.07, 6.45) is 3.22. The van der Waals surface area contributed by atoms with Crippen molar-refractivity contribution in [2.75, 3.05) is 32.1 Å². The van der Waals surface area contributed by atoms with Crippen LogP contribution >= 0.6 is 0 Å². The molecule has 0 aliphatic carbocycles. The molecule has 4 nitrogen and oxygen atoms in total. The number of ether oxygens (including phenoxy) is 1. The number of piperidine rings is 1. The topological polar surface area (TPSA) is 44.7 Å². The van der Waals surface area contributed by atoms with Crippen LogP contribution in [0.15, 0.2) is 48.5 Å². The Hall–Kier alpha value is -2.04. The minimum atomic E-state index is 0.186. The van der Waals surface area contributed by atoms with Gasteiger partial charge in [0, 0.05) is 31.1 Å². The number of benzene rings is 2. The molecule has 1 aliphatic heterocycles. The molecule has 4 heteroatoms. The van der Waals surface area contributed by atoms with Crippen LogP contribution in [0.1, 0.15) is 18.4 Å². The summed E-state index contributed by atoms with van der Waals surface area (Å²) in [5, 5.41) is 12.3. The van der Waals surface area contributed by atoms with Crippen molar-refractivity contribution in [2.45, 2.75) is 25.4 Å². The third-order valence-electron chi connectivity index (χ3n) is 4.47. The summed E-state index contributed by atoms with van der Waals surface area (Å²) in [7, 11) is 2.16. The molecule has 0 saturated carbocycles. The number of likely N-dealkylation sites (tertiary alicyclic amines) is 1. The van der Waals surface area contributed by atoms with E-state index in [1.807, 2.05) is 48.5 Å². The summed E-state index contributed by atoms with van der Waals surface area (Å²) in [6.45, 7) is 2.40. The van der Waals surface area contributed by atoms with Crippen LogP contribution < -0.4 is 10.1 Å². The molecule has 1 saturated heterocycles. The molecule has 128 valence electrons. The van der Waals surface area contributed by atoms with Crippen molar-refractivity contribution in [3.8, 4) is 5.75 Å². The van der Waals surface area contributed by atoms with Crippen molar-refractivity contribution in [1.82, 2.24) is 4.90 Å². The van der Waals surface area contributed by atoms with Gasteiger partial charge in [0.25, 0.3) is 0 Å². The van der Waals surface area contributed by atoms with E-state index in [-0.39, 0.29) is 6.61 Å². The molecule has 0 spiro atoms. The maximum Gasteiger partial charge on any atom is 0.119 e. The molecule has 3 rings (SSSR count). The van der Waals surface area contributed by atoms with E-state index in [1.54, 1.807) is 0 Å². The first kappa shape index (κ1) is 16.8. The summed E-state index contributed by atoms with van der Waals surface area (Å²) in [5.41, 5.74) is 3.23. The van der Waals surface area contributed by atoms with Crippen molar-refractivity contribution >= 4 is 11.4 Å². The first-order valence-electron chi connectivity index (χ1n) is 8.65. The van der Waals surface area contributed by atoms with Gasteiger partial charge >= 0.3 is 0 Å². The Balaban J connectivity index is 1.54. The lowest BCUT2D eigenvalue weighted by molar-refractivity contribution is 0.114. The second-order valence-electron chi connectivity index (χ2n) is 6.44. The minimum Gasteiger partial charge on any atom is -0.490 e. The van der Waals surface area contributed by atoms with E-state index in [4.69, 9.17) is 9.84 Å². The van der Waals surface area contributed by atoms with Crippen molar-refractivity contribution in [3.05, 3.63) is 54.1 Å². The van der Waals surface area contributed by atoms with Gasteiger partial charge in [0.05, 0.1) is 0 Å². The van der Waals surface area contributed by atoms with Gasteiger partial charge in [0.1, 0.15) is 11.9 Å². The van der Waals surface area contributed by atoms with Crippen molar-refractivity contribution in [1.29, 1.82) is 0 Å². The normalized spacial score (nSPS) is 16.1. The van der Waals surface area contributed by atoms with Crippen LogP contribution in [0.3, 0.4) is 0 Å². The Kier molecular flexibility index (Phi) is 5.72. The van der Waals surface area contributed by atoms with Crippen LogP contribution in [-0.2, 0) is 6.42 Å². The highest BCUT2D eigenvalue weighted by atomic mass is 16.5. The highest BCUT2D eigenvalue weighted by Crippen LogP contribution is 2.23. The van der Waals surface area contributed by atoms with Crippen LogP contribution in [0.25, 0.3) is 0 Å². The van der Waals surface area contributed by atoms with Crippen LogP contribution in [0.2, 0.25) is 0 Å². The van der Waals surface area contributed by atoms with E-state index in [2.05, 4.69) is 17.3 Å². The second-order valence-corrected chi connectivity index (χ2v) is 6.44. The molecule has 2 aromatic carbocycles. The summed E-state index contributed by atoms with van der Waals surface area (Å²) < 4.78 is 6.07. The molecule has 1 heterocycles. The van der Waals surface area contributed by atoms with Crippen molar-refractivity contribution in [3.63, 3.8) is 0 Å². The SMILES string of the molecule is CN1CCC(Oc2ccc(Nc3ccc(CCO)cc3)cc2)CC1. The molecule has 0 unspecified atom stereocenters. The first-order chi connectivity index (χ1) is 11.7. The van der Waals surface area contributed by atoms with E-state index < -0.39 is 0 Å². The number of hydrogen-bond acceptors (Lipinski definition) is 4. The van der Waals surface area contributed by atoms with Gasteiger partial charge in [0.15, 0.2) is 0 Å². The lowest BCUT2D eigenvalue weighted by atomic mass is 10.1. The van der Waals surface area contributed by atoms with Gasteiger partial charge in [-0.2, -0.15) is 0 Å². The zero-order valence-electron chi connectivity index (χ0n) is 14.2. The van der Waals surface area contributed by atoms with Crippen LogP contribution in [0, 0.1) is 0 Å². The van der Waals surface area contributed by atoms with Gasteiger partial charge in [-0.3, -0.25) is 0 Å². The van der Waals surface area contributed by atoms with Gasteiger partial charge in [0.2, 0.25) is 0 Å². The fourth-order valence-electron chi connectivity index (χ4n) is 2.96. The predicted molar refractivity (Wildman–Crippen MR) is 98.1 cm³/mol. The maximum absolute atomic E-state index is 8.95. The molecule has 1 fully saturated rings. The molecule has 2 N–H and O–H groups in total. The van der Waals surface area contributed by atoms with E-state index in [9.17, 15) is 0 Å². The summed E-state index contributed by atoms with van der Waals surface area (Å²) in [6, 6.07) is 16.3. The number of nitrogens with zero attached hydrogens (tertiary/aromatic N) is 1. The fraction of sp³-hybridized carbons (Fsp3) is 0.400. The maximum atomic E-state index is 8.95. The van der Waals surface area contributed by atoms with Crippen molar-refractivity contribution in [2.24, 2.45) is 0 Å². The van der Waals surface area contributed by atoms with Crippen LogP contribution in [0.4, 0.5) is 11.4 Å². The van der Waals surface area contributed by atoms with E-state index in [1.165, 1.54) is 0 Å². The number of aliphatic hydroxyl groups is 1. The van der Waals surface area contributed by atoms with Crippen LogP contribution in [0.5, 0.6) is 5.75 Å². The van der Waals surface area contributed by atoms with Gasteiger partial charge in [-0.25, -0.2) is 0 Å². The van der Waals surface area contributed by atoms with Gasteiger partial charge in [-0.15, -0.1) is 0 Å². The Labute approximate surface area is 144 Å². The molecule has 0 aromatic heterocycles. The fourth-order valence-corrected chi connectivity index (χ4v) is 2.96. The molecular formula is C20H26N2O2. The molecule has 0 amide bonds. The third kappa shape index (κ3) is 4.73. The van der Waals surface area contributed by atoms with Gasteiger partial charge < -0.3 is 20.1 Å². The summed E-state index contributed by atoms with van der Waals surface area (Å²) >= 11 is 0. The highest BCUT2D eigenvalue weighted by Gasteiger charge is 2.17. The van der Waals surface area contributed by atoms with Gasteiger partial charge in [-0.05, 0) is 68.3 Å². The number of aliphatic hydroxyl groups excluding tert-OH is 1. The molecular weight excluding hydrogens is 300 g/mol. The number of hydrogen-bond donors (Lipinski definition) is 2. The third-order valence-corrected chi connectivity index (χ3v) is 4.47. The van der Waals surface area contributed by atoms with E-state index in [0.29, 0.717) is 12.5 Å². The number of nitrogens with one attached hydrogen (secondary N) is 1. The Morgan fingerprint density at radius 1 is 1.00 bits per heavy atom. The number of anilines is 2. The average Bonchev–Trinajstić information content (AvgIpc) is 2.61. The molecule has 1 aliphatic rings. The highest BCUT2D eigenvalue weighted by molar-refractivity contribution is 5.60. The molecule has 0 atom stereocenters. The molecule has 0 bridgehead atoms. The monoisotopic (exact) mass is 326 g/mol. The second kappa shape index (κ2) is 8.18. The lowest BCUT2D eigenvalue weighted by Crippen LogP contribution is -2.35. The Bertz CT molecular complexity index is 617. The van der Waals surface area contributed by atoms with Gasteiger partial charge in [-0.1, -0.05) is 12.1 Å². The predicted octanol–water partition coefficient (Wildman–Crippen LogP) is 3.44. The zero-order valence-corrected chi connectivity index (χ0v) is 14.2. The standard InChI is InChI=1S/C20H26N2O2/c1-22-13-10-20(11-14-22)24-19-8-6-18(7-9-19)21-17-4-2-16(3-5-17)12-15-23/h2-9,20-21,23H,10-15H2,1H3. The Morgan fingerprint density at radius 3 is 2.17 bits per heavy atom. The smallest absolute Gasteiger partial charge is 0.119 e. The molecule has 2 aromatic rings. The van der Waals surface area contributed by atoms with E-state index in [0.717, 1.165) is 48.6 Å². The quantitative estimate of drug-likeness (QED) is 0.853. The minimum absolute atomic E-state index is 0.186.